The molecule has 0 aliphatic rings. The van der Waals surface area contributed by atoms with Crippen LogP contribution in [0.3, 0.4) is 0 Å². The van der Waals surface area contributed by atoms with Crippen molar-refractivity contribution in [1.29, 1.82) is 0 Å². The predicted molar refractivity (Wildman–Crippen MR) is 24.1 cm³/mol. The molecule has 0 aromatic carbocycles. The number of hydrogen-bond acceptors (Lipinski definition) is 2. The van der Waals surface area contributed by atoms with Crippen molar-refractivity contribution >= 4 is 57.2 Å². The molecule has 0 heterocycles. The zero-order valence-corrected chi connectivity index (χ0v) is 7.45. The van der Waals surface area contributed by atoms with E-state index in [0.717, 1.165) is 6.92 Å². The molecule has 0 bridgehead atoms. The smallest absolute Gasteiger partial charge is 0.476 e. The largest absolute Gasteiger partial charge is 2.00 e. The summed E-state index contributed by atoms with van der Waals surface area (Å²) >= 11 is 0. The molecule has 0 aromatic rings. The second-order valence-electron chi connectivity index (χ2n) is 0.861. The molecule has 0 aliphatic carbocycles. The third kappa shape index (κ3) is 6.62. The van der Waals surface area contributed by atoms with Crippen LogP contribution in [0.25, 0.3) is 0 Å². The maximum absolute atomic E-state index is 9.54. The Labute approximate surface area is 78.0 Å². The van der Waals surface area contributed by atoms with Gasteiger partial charge < -0.3 is 5.11 Å². The molecule has 1 N–H and O–H groups in total. The van der Waals surface area contributed by atoms with E-state index in [0.29, 0.717) is 0 Å². The molecule has 0 saturated heterocycles. The molecular weight excluding hydrogens is 172 g/mol. The number of carboxylic acids is 1. The summed E-state index contributed by atoms with van der Waals surface area (Å²) < 4.78 is 0. The topological polar surface area (TPSA) is 54.4 Å². The van der Waals surface area contributed by atoms with Crippen LogP contribution >= 0.6 is 0 Å². The Morgan fingerprint density at radius 1 is 1.43 bits per heavy atom. The van der Waals surface area contributed by atoms with Crippen LogP contribution < -0.4 is 0 Å². The van der Waals surface area contributed by atoms with Gasteiger partial charge in [0.15, 0.2) is 0 Å². The van der Waals surface area contributed by atoms with Gasteiger partial charge in [-0.05, 0) is 0 Å². The average molecular weight is 176 g/mol. The normalized spacial score (nSPS) is 6.43. The van der Waals surface area contributed by atoms with Crippen LogP contribution in [-0.2, 0) is 9.59 Å². The molecule has 0 saturated carbocycles. The number of carboxylic acid groups (broad SMARTS) is 1. The van der Waals surface area contributed by atoms with Gasteiger partial charge in [-0.1, -0.05) is 0 Å². The summed E-state index contributed by atoms with van der Waals surface area (Å²) in [7, 11) is 0. The number of ketones is 1. The quantitative estimate of drug-likeness (QED) is 0.423. The fraction of sp³-hybridized carbons (Fsp3) is 0.333. The molecule has 7 heavy (non-hydrogen) atoms. The van der Waals surface area contributed by atoms with E-state index in [1.54, 1.807) is 0 Å². The SMILES string of the molecule is CC(=O)C(=O)O.[Sr+2]. The van der Waals surface area contributed by atoms with Crippen LogP contribution in [0.1, 0.15) is 6.92 Å². The Hall–Kier alpha value is 0.621. The molecule has 0 aromatic heterocycles. The molecule has 0 radical (unpaired) electrons. The van der Waals surface area contributed by atoms with Gasteiger partial charge in [0.1, 0.15) is 0 Å². The first-order valence-electron chi connectivity index (χ1n) is 1.38. The third-order valence-electron chi connectivity index (χ3n) is 0.301. The Morgan fingerprint density at radius 3 is 1.57 bits per heavy atom. The summed E-state index contributed by atoms with van der Waals surface area (Å²) in [5.74, 6) is -2.20. The Balaban J connectivity index is 0. The van der Waals surface area contributed by atoms with Crippen LogP contribution in [0.2, 0.25) is 0 Å². The maximum Gasteiger partial charge on any atom is 2.00 e. The Bertz CT molecular complexity index is 76.2. The number of aliphatic carboxylic acids is 1. The zero-order valence-electron chi connectivity index (χ0n) is 3.97. The first kappa shape index (κ1) is 10.6. The van der Waals surface area contributed by atoms with Gasteiger partial charge in [0.25, 0.3) is 0 Å². The van der Waals surface area contributed by atoms with Crippen molar-refractivity contribution in [2.24, 2.45) is 0 Å². The van der Waals surface area contributed by atoms with Crippen LogP contribution in [0, 0.1) is 0 Å². The Kier molecular flexibility index (Phi) is 7.21. The van der Waals surface area contributed by atoms with Gasteiger partial charge >= 0.3 is 51.5 Å². The van der Waals surface area contributed by atoms with Gasteiger partial charge in [-0.15, -0.1) is 0 Å². The molecule has 0 aliphatic heterocycles. The summed E-state index contributed by atoms with van der Waals surface area (Å²) in [5, 5.41) is 7.64. The van der Waals surface area contributed by atoms with Gasteiger partial charge in [0.05, 0.1) is 0 Å². The molecule has 0 amide bonds. The van der Waals surface area contributed by atoms with E-state index < -0.39 is 11.8 Å². The monoisotopic (exact) mass is 176 g/mol. The van der Waals surface area contributed by atoms with Crippen molar-refractivity contribution in [1.82, 2.24) is 0 Å². The van der Waals surface area contributed by atoms with Crippen LogP contribution in [0.5, 0.6) is 0 Å². The molecule has 0 atom stereocenters. The van der Waals surface area contributed by atoms with E-state index in [9.17, 15) is 9.59 Å². The maximum atomic E-state index is 9.54. The number of hydrogen-bond donors (Lipinski definition) is 1. The fourth-order valence-electron chi connectivity index (χ4n) is 0. The molecule has 0 rings (SSSR count). The predicted octanol–water partition coefficient (Wildman–Crippen LogP) is -0.721. The third-order valence-corrected chi connectivity index (χ3v) is 0.301. The van der Waals surface area contributed by atoms with Gasteiger partial charge in [-0.2, -0.15) is 0 Å². The van der Waals surface area contributed by atoms with Crippen LogP contribution in [0.4, 0.5) is 0 Å². The van der Waals surface area contributed by atoms with Crippen molar-refractivity contribution in [3.05, 3.63) is 0 Å². The summed E-state index contributed by atoms with van der Waals surface area (Å²) in [6.07, 6.45) is 0. The molecule has 3 nitrogen and oxygen atoms in total. The van der Waals surface area contributed by atoms with Gasteiger partial charge in [-0.25, -0.2) is 4.79 Å². The number of Topliss-reactive ketones (excluding diaryl/α,β-unsaturated/α-hetero) is 1. The summed E-state index contributed by atoms with van der Waals surface area (Å²) in [4.78, 5) is 18.9. The van der Waals surface area contributed by atoms with E-state index >= 15 is 0 Å². The summed E-state index contributed by atoms with van der Waals surface area (Å²) in [5.41, 5.74) is 0. The number of rotatable bonds is 1. The minimum atomic E-state index is -1.38. The average Bonchev–Trinajstić information content (AvgIpc) is 1.36. The van der Waals surface area contributed by atoms with E-state index in [-0.39, 0.29) is 45.5 Å². The van der Waals surface area contributed by atoms with Gasteiger partial charge in [-0.3, -0.25) is 4.79 Å². The first-order valence-corrected chi connectivity index (χ1v) is 1.38. The Morgan fingerprint density at radius 2 is 1.57 bits per heavy atom. The molecule has 4 heteroatoms. The van der Waals surface area contributed by atoms with Crippen molar-refractivity contribution in [3.63, 3.8) is 0 Å². The van der Waals surface area contributed by atoms with Crippen LogP contribution in [-0.4, -0.2) is 62.3 Å². The minimum absolute atomic E-state index is 0. The van der Waals surface area contributed by atoms with E-state index in [2.05, 4.69) is 0 Å². The van der Waals surface area contributed by atoms with E-state index in [1.807, 2.05) is 0 Å². The van der Waals surface area contributed by atoms with Crippen molar-refractivity contribution < 1.29 is 14.7 Å². The summed E-state index contributed by atoms with van der Waals surface area (Å²) in [6, 6.07) is 0. The second-order valence-corrected chi connectivity index (χ2v) is 0.861. The molecule has 0 spiro atoms. The zero-order chi connectivity index (χ0) is 5.15. The fourth-order valence-corrected chi connectivity index (χ4v) is 0. The molecule has 0 unspecified atom stereocenters. The first-order chi connectivity index (χ1) is 2.64. The van der Waals surface area contributed by atoms with E-state index in [1.165, 1.54) is 0 Å². The number of carbonyl (C=O) groups excluding carboxylic acids is 1. The van der Waals surface area contributed by atoms with Crippen molar-refractivity contribution in [2.45, 2.75) is 6.92 Å². The molecular formula is C3H4O3Sr+2. The standard InChI is InChI=1S/C3H4O3.Sr/c1-2(4)3(5)6;/h1H3,(H,5,6);/q;+2. The number of carbonyl (C=O) groups is 2. The van der Waals surface area contributed by atoms with Crippen molar-refractivity contribution in [3.8, 4) is 0 Å². The molecule has 0 fully saturated rings. The second kappa shape index (κ2) is 4.77. The summed E-state index contributed by atoms with van der Waals surface area (Å²) in [6.45, 7) is 1.00. The van der Waals surface area contributed by atoms with E-state index in [4.69, 9.17) is 5.11 Å². The van der Waals surface area contributed by atoms with Gasteiger partial charge in [0.2, 0.25) is 5.78 Å². The molecule has 34 valence electrons. The van der Waals surface area contributed by atoms with Crippen LogP contribution in [0.15, 0.2) is 0 Å². The minimum Gasteiger partial charge on any atom is -0.476 e. The van der Waals surface area contributed by atoms with Crippen molar-refractivity contribution in [2.75, 3.05) is 0 Å². The van der Waals surface area contributed by atoms with Gasteiger partial charge in [0, 0.05) is 6.92 Å².